The maximum atomic E-state index is 5.80. The minimum Gasteiger partial charge on any atom is -0.464 e. The smallest absolute Gasteiger partial charge is 0.118 e. The van der Waals surface area contributed by atoms with Gasteiger partial charge in [-0.05, 0) is 52.0 Å². The Hall–Kier alpha value is -0.450. The number of rotatable bonds is 5. The van der Waals surface area contributed by atoms with Crippen molar-refractivity contribution in [1.29, 1.82) is 0 Å². The van der Waals surface area contributed by atoms with Gasteiger partial charge in [0.2, 0.25) is 0 Å². The highest BCUT2D eigenvalue weighted by Crippen LogP contribution is 2.20. The second kappa shape index (κ2) is 7.01. The topological polar surface area (TPSA) is 28.4 Å². The van der Waals surface area contributed by atoms with E-state index in [1.165, 1.54) is 25.9 Å². The maximum Gasteiger partial charge on any atom is 0.118 e. The van der Waals surface area contributed by atoms with Gasteiger partial charge >= 0.3 is 0 Å². The van der Waals surface area contributed by atoms with Gasteiger partial charge in [-0.1, -0.05) is 0 Å². The van der Waals surface area contributed by atoms with Crippen molar-refractivity contribution in [3.8, 4) is 0 Å². The van der Waals surface area contributed by atoms with Crippen LogP contribution in [0, 0.1) is 0 Å². The van der Waals surface area contributed by atoms with Crippen molar-refractivity contribution in [1.82, 2.24) is 10.2 Å². The molecule has 2 heterocycles. The van der Waals surface area contributed by atoms with E-state index in [-0.39, 0.29) is 0 Å². The molecule has 1 aliphatic heterocycles. The maximum absolute atomic E-state index is 5.80. The monoisotopic (exact) mass is 296 g/mol. The van der Waals surface area contributed by atoms with E-state index in [4.69, 9.17) is 4.42 Å². The molecule has 0 aromatic carbocycles. The molecule has 1 fully saturated rings. The first-order valence-corrected chi connectivity index (χ1v) is 8.93. The Morgan fingerprint density at radius 1 is 1.25 bits per heavy atom. The van der Waals surface area contributed by atoms with Crippen LogP contribution in [0.2, 0.25) is 0 Å². The average molecular weight is 296 g/mol. The van der Waals surface area contributed by atoms with E-state index >= 15 is 0 Å². The van der Waals surface area contributed by atoms with Gasteiger partial charge < -0.3 is 9.73 Å². The van der Waals surface area contributed by atoms with Crippen LogP contribution in [0.15, 0.2) is 16.5 Å². The predicted molar refractivity (Wildman–Crippen MR) is 87.1 cm³/mol. The van der Waals surface area contributed by atoms with Crippen LogP contribution in [0.3, 0.4) is 0 Å². The van der Waals surface area contributed by atoms with Gasteiger partial charge in [-0.15, -0.1) is 0 Å². The Kier molecular flexibility index (Phi) is 5.58. The van der Waals surface area contributed by atoms with Crippen LogP contribution < -0.4 is 5.32 Å². The first-order chi connectivity index (χ1) is 9.49. The van der Waals surface area contributed by atoms with Crippen LogP contribution in [-0.2, 0) is 12.3 Å². The highest BCUT2D eigenvalue weighted by molar-refractivity contribution is 7.97. The summed E-state index contributed by atoms with van der Waals surface area (Å²) >= 11 is 1.80. The van der Waals surface area contributed by atoms with Gasteiger partial charge in [-0.2, -0.15) is 11.8 Å². The van der Waals surface area contributed by atoms with Gasteiger partial charge in [0.15, 0.2) is 0 Å². The summed E-state index contributed by atoms with van der Waals surface area (Å²) in [6.07, 6.45) is 4.56. The van der Waals surface area contributed by atoms with Gasteiger partial charge in [0.1, 0.15) is 11.5 Å². The number of furan rings is 1. The van der Waals surface area contributed by atoms with E-state index in [9.17, 15) is 0 Å². The van der Waals surface area contributed by atoms with Crippen molar-refractivity contribution >= 4 is 11.8 Å². The number of thioether (sulfide) groups is 1. The van der Waals surface area contributed by atoms with E-state index in [1.54, 1.807) is 11.8 Å². The molecule has 0 amide bonds. The molecule has 0 aliphatic carbocycles. The van der Waals surface area contributed by atoms with Crippen LogP contribution in [-0.4, -0.2) is 35.8 Å². The van der Waals surface area contributed by atoms with Crippen molar-refractivity contribution in [3.05, 3.63) is 23.7 Å². The Morgan fingerprint density at radius 2 is 1.90 bits per heavy atom. The van der Waals surface area contributed by atoms with Crippen molar-refractivity contribution in [2.75, 3.05) is 19.3 Å². The summed E-state index contributed by atoms with van der Waals surface area (Å²) in [5.74, 6) is 3.11. The molecule has 1 N–H and O–H groups in total. The molecule has 1 aliphatic rings. The van der Waals surface area contributed by atoms with Crippen molar-refractivity contribution in [2.24, 2.45) is 0 Å². The molecule has 2 rings (SSSR count). The highest BCUT2D eigenvalue weighted by atomic mass is 32.2. The van der Waals surface area contributed by atoms with Crippen molar-refractivity contribution in [2.45, 2.75) is 57.5 Å². The molecular weight excluding hydrogens is 268 g/mol. The van der Waals surface area contributed by atoms with E-state index < -0.39 is 0 Å². The molecule has 3 nitrogen and oxygen atoms in total. The molecule has 0 spiro atoms. The van der Waals surface area contributed by atoms with Gasteiger partial charge in [-0.25, -0.2) is 0 Å². The quantitative estimate of drug-likeness (QED) is 0.900. The lowest BCUT2D eigenvalue weighted by atomic mass is 9.98. The lowest BCUT2D eigenvalue weighted by Gasteiger charge is -2.41. The van der Waals surface area contributed by atoms with Crippen molar-refractivity contribution < 1.29 is 4.42 Å². The third-order valence-electron chi connectivity index (χ3n) is 4.01. The number of nitrogens with zero attached hydrogens (tertiary/aromatic N) is 1. The first-order valence-electron chi connectivity index (χ1n) is 7.54. The lowest BCUT2D eigenvalue weighted by Crippen LogP contribution is -2.49. The summed E-state index contributed by atoms with van der Waals surface area (Å²) in [5.41, 5.74) is 0.304. The van der Waals surface area contributed by atoms with Gasteiger partial charge in [0, 0.05) is 24.7 Å². The minimum atomic E-state index is 0.304. The fourth-order valence-corrected chi connectivity index (χ4v) is 3.18. The number of piperidine rings is 1. The largest absolute Gasteiger partial charge is 0.464 e. The SMILES string of the molecule is CSCc1ccc(CNC2CCN(C(C)(C)C)CC2)o1. The highest BCUT2D eigenvalue weighted by Gasteiger charge is 2.26. The summed E-state index contributed by atoms with van der Waals surface area (Å²) in [6, 6.07) is 4.82. The Balaban J connectivity index is 1.73. The van der Waals surface area contributed by atoms with Crippen molar-refractivity contribution in [3.63, 3.8) is 0 Å². The van der Waals surface area contributed by atoms with Crippen LogP contribution in [0.4, 0.5) is 0 Å². The van der Waals surface area contributed by atoms with Crippen LogP contribution in [0.1, 0.15) is 45.1 Å². The molecule has 0 atom stereocenters. The van der Waals surface area contributed by atoms with E-state index in [1.807, 2.05) is 0 Å². The average Bonchev–Trinajstić information content (AvgIpc) is 2.84. The summed E-state index contributed by atoms with van der Waals surface area (Å²) < 4.78 is 5.80. The second-order valence-electron chi connectivity index (χ2n) is 6.61. The van der Waals surface area contributed by atoms with E-state index in [0.717, 1.165) is 23.8 Å². The molecule has 20 heavy (non-hydrogen) atoms. The number of hydrogen-bond acceptors (Lipinski definition) is 4. The molecule has 1 aromatic rings. The zero-order valence-corrected chi connectivity index (χ0v) is 14.1. The van der Waals surface area contributed by atoms with Crippen LogP contribution in [0.5, 0.6) is 0 Å². The molecule has 0 bridgehead atoms. The molecule has 1 saturated heterocycles. The molecule has 4 heteroatoms. The van der Waals surface area contributed by atoms with Crippen LogP contribution in [0.25, 0.3) is 0 Å². The fourth-order valence-electron chi connectivity index (χ4n) is 2.74. The molecule has 114 valence electrons. The second-order valence-corrected chi connectivity index (χ2v) is 7.48. The summed E-state index contributed by atoms with van der Waals surface area (Å²) in [6.45, 7) is 10.1. The lowest BCUT2D eigenvalue weighted by molar-refractivity contribution is 0.0956. The first kappa shape index (κ1) is 15.9. The molecular formula is C16H28N2OS. The third kappa shape index (κ3) is 4.54. The van der Waals surface area contributed by atoms with Gasteiger partial charge in [0.25, 0.3) is 0 Å². The summed E-state index contributed by atoms with van der Waals surface area (Å²) in [5, 5.41) is 3.64. The minimum absolute atomic E-state index is 0.304. The zero-order chi connectivity index (χ0) is 14.6. The molecule has 0 unspecified atom stereocenters. The van der Waals surface area contributed by atoms with Gasteiger partial charge in [0.05, 0.1) is 12.3 Å². The molecule has 1 aromatic heterocycles. The molecule has 0 radical (unpaired) electrons. The number of likely N-dealkylation sites (tertiary alicyclic amines) is 1. The Labute approximate surface area is 127 Å². The summed E-state index contributed by atoms with van der Waals surface area (Å²) in [4.78, 5) is 2.58. The Bertz CT molecular complexity index is 403. The predicted octanol–water partition coefficient (Wildman–Crippen LogP) is 3.50. The number of nitrogens with one attached hydrogen (secondary N) is 1. The summed E-state index contributed by atoms with van der Waals surface area (Å²) in [7, 11) is 0. The zero-order valence-electron chi connectivity index (χ0n) is 13.2. The fraction of sp³-hybridized carbons (Fsp3) is 0.750. The Morgan fingerprint density at radius 3 is 2.50 bits per heavy atom. The van der Waals surface area contributed by atoms with Crippen LogP contribution >= 0.6 is 11.8 Å². The standard InChI is InChI=1S/C16H28N2OS/c1-16(2,3)18-9-7-13(8-10-18)17-11-14-5-6-15(19-14)12-20-4/h5-6,13,17H,7-12H2,1-4H3. The van der Waals surface area contributed by atoms with Gasteiger partial charge in [-0.3, -0.25) is 4.90 Å². The number of hydrogen-bond donors (Lipinski definition) is 1. The van der Waals surface area contributed by atoms with E-state index in [0.29, 0.717) is 11.6 Å². The van der Waals surface area contributed by atoms with E-state index in [2.05, 4.69) is 49.4 Å². The molecule has 0 saturated carbocycles. The third-order valence-corrected chi connectivity index (χ3v) is 4.59. The normalized spacial score (nSPS) is 18.6.